The van der Waals surface area contributed by atoms with Crippen LogP contribution < -0.4 is 4.72 Å². The number of ether oxygens (including phenoxy) is 1. The second-order valence-electron chi connectivity index (χ2n) is 3.48. The number of anilines is 1. The smallest absolute Gasteiger partial charge is 0.322 e. The third kappa shape index (κ3) is 5.42. The number of esters is 1. The molecule has 0 radical (unpaired) electrons. The van der Waals surface area contributed by atoms with Gasteiger partial charge in [-0.2, -0.15) is 0 Å². The summed E-state index contributed by atoms with van der Waals surface area (Å²) in [6.45, 7) is -0.279. The summed E-state index contributed by atoms with van der Waals surface area (Å²) in [5.41, 5.74) is 0.834. The molecule has 0 unspecified atom stereocenters. The van der Waals surface area contributed by atoms with Gasteiger partial charge in [0.2, 0.25) is 10.0 Å². The van der Waals surface area contributed by atoms with Gasteiger partial charge >= 0.3 is 5.97 Å². The predicted molar refractivity (Wildman–Crippen MR) is 69.8 cm³/mol. The normalized spacial score (nSPS) is 10.2. The molecule has 0 amide bonds. The number of aliphatic hydroxyl groups is 1. The molecule has 0 bridgehead atoms. The molecule has 0 saturated carbocycles. The molecule has 0 aromatic heterocycles. The maximum atomic E-state index is 11.6. The first-order valence-electron chi connectivity index (χ1n) is 5.24. The molecule has 0 aliphatic rings. The fourth-order valence-corrected chi connectivity index (χ4v) is 2.22. The monoisotopic (exact) mass is 283 g/mol. The Labute approximate surface area is 111 Å². The van der Waals surface area contributed by atoms with Crippen LogP contribution in [0.25, 0.3) is 0 Å². The molecular weight excluding hydrogens is 270 g/mol. The highest BCUT2D eigenvalue weighted by molar-refractivity contribution is 7.93. The number of methoxy groups -OCH3 is 1. The Hall–Kier alpha value is -2.04. The van der Waals surface area contributed by atoms with E-state index in [1.54, 1.807) is 12.1 Å². The third-order valence-electron chi connectivity index (χ3n) is 1.98. The van der Waals surface area contributed by atoms with Crippen molar-refractivity contribution in [3.05, 3.63) is 29.8 Å². The summed E-state index contributed by atoms with van der Waals surface area (Å²) in [5, 5.41) is 8.57. The van der Waals surface area contributed by atoms with E-state index < -0.39 is 21.7 Å². The molecule has 1 aromatic carbocycles. The minimum atomic E-state index is -3.81. The van der Waals surface area contributed by atoms with Crippen LogP contribution in [0.1, 0.15) is 5.56 Å². The van der Waals surface area contributed by atoms with Gasteiger partial charge in [-0.25, -0.2) is 8.42 Å². The number of carbonyl (C=O) groups is 1. The summed E-state index contributed by atoms with van der Waals surface area (Å²) in [5.74, 6) is 3.50. The van der Waals surface area contributed by atoms with E-state index in [1.165, 1.54) is 12.1 Å². The van der Waals surface area contributed by atoms with Gasteiger partial charge in [0.15, 0.2) is 5.75 Å². The number of benzene rings is 1. The van der Waals surface area contributed by atoms with Crippen molar-refractivity contribution in [2.75, 3.05) is 24.2 Å². The topological polar surface area (TPSA) is 92.7 Å². The van der Waals surface area contributed by atoms with Crippen LogP contribution in [0.4, 0.5) is 5.69 Å². The molecule has 0 spiro atoms. The highest BCUT2D eigenvalue weighted by Gasteiger charge is 2.16. The van der Waals surface area contributed by atoms with Gasteiger partial charge in [-0.3, -0.25) is 9.52 Å². The Morgan fingerprint density at radius 2 is 2.21 bits per heavy atom. The summed E-state index contributed by atoms with van der Waals surface area (Å²) in [4.78, 5) is 10.9. The molecule has 19 heavy (non-hydrogen) atoms. The summed E-state index contributed by atoms with van der Waals surface area (Å²) >= 11 is 0. The summed E-state index contributed by atoms with van der Waals surface area (Å²) in [7, 11) is -2.69. The number of hydrogen-bond acceptors (Lipinski definition) is 5. The molecule has 0 fully saturated rings. The Kier molecular flexibility index (Phi) is 5.36. The van der Waals surface area contributed by atoms with Crippen LogP contribution in [-0.4, -0.2) is 39.0 Å². The zero-order chi connectivity index (χ0) is 14.3. The maximum Gasteiger partial charge on any atom is 0.322 e. The average molecular weight is 283 g/mol. The van der Waals surface area contributed by atoms with E-state index in [1.807, 2.05) is 0 Å². The average Bonchev–Trinajstić information content (AvgIpc) is 2.35. The van der Waals surface area contributed by atoms with E-state index in [9.17, 15) is 13.2 Å². The van der Waals surface area contributed by atoms with E-state index in [4.69, 9.17) is 5.11 Å². The lowest BCUT2D eigenvalue weighted by Crippen LogP contribution is -2.23. The lowest BCUT2D eigenvalue weighted by atomic mass is 10.2. The van der Waals surface area contributed by atoms with Crippen molar-refractivity contribution in [2.24, 2.45) is 0 Å². The highest BCUT2D eigenvalue weighted by atomic mass is 32.2. The van der Waals surface area contributed by atoms with E-state index in [2.05, 4.69) is 21.3 Å². The van der Waals surface area contributed by atoms with Gasteiger partial charge in [-0.05, 0) is 18.2 Å². The van der Waals surface area contributed by atoms with Crippen LogP contribution >= 0.6 is 0 Å². The Morgan fingerprint density at radius 3 is 2.84 bits per heavy atom. The van der Waals surface area contributed by atoms with Crippen molar-refractivity contribution >= 4 is 21.7 Å². The van der Waals surface area contributed by atoms with Gasteiger partial charge in [-0.1, -0.05) is 17.9 Å². The Morgan fingerprint density at radius 1 is 1.47 bits per heavy atom. The molecule has 0 aliphatic carbocycles. The number of carbonyl (C=O) groups excluding carboxylic acids is 1. The molecule has 0 saturated heterocycles. The van der Waals surface area contributed by atoms with Crippen LogP contribution in [0.15, 0.2) is 24.3 Å². The third-order valence-corrected chi connectivity index (χ3v) is 3.15. The SMILES string of the molecule is COC(=O)CS(=O)(=O)Nc1cccc(C#CCO)c1. The minimum Gasteiger partial charge on any atom is -0.468 e. The standard InChI is InChI=1S/C12H13NO5S/c1-18-12(15)9-19(16,17)13-11-6-2-4-10(8-11)5-3-7-14/h2,4,6,8,13-14H,7,9H2,1H3. The van der Waals surface area contributed by atoms with Crippen molar-refractivity contribution < 1.29 is 23.1 Å². The summed E-state index contributed by atoms with van der Waals surface area (Å²) in [6.07, 6.45) is 0. The van der Waals surface area contributed by atoms with Crippen LogP contribution in [0, 0.1) is 11.8 Å². The first kappa shape index (κ1) is 15.0. The van der Waals surface area contributed by atoms with Crippen molar-refractivity contribution in [3.8, 4) is 11.8 Å². The van der Waals surface area contributed by atoms with Crippen LogP contribution in [-0.2, 0) is 19.6 Å². The molecule has 0 atom stereocenters. The van der Waals surface area contributed by atoms with Crippen LogP contribution in [0.3, 0.4) is 0 Å². The number of rotatable bonds is 4. The number of aliphatic hydroxyl groups excluding tert-OH is 1. The fourth-order valence-electron chi connectivity index (χ4n) is 1.23. The molecule has 1 rings (SSSR count). The van der Waals surface area contributed by atoms with E-state index in [-0.39, 0.29) is 12.3 Å². The van der Waals surface area contributed by atoms with Crippen LogP contribution in [0.2, 0.25) is 0 Å². The van der Waals surface area contributed by atoms with Gasteiger partial charge in [0.05, 0.1) is 7.11 Å². The summed E-state index contributed by atoms with van der Waals surface area (Å²) in [6, 6.07) is 6.30. The largest absolute Gasteiger partial charge is 0.468 e. The van der Waals surface area contributed by atoms with Gasteiger partial charge in [-0.15, -0.1) is 0 Å². The minimum absolute atomic E-state index is 0.279. The molecule has 0 heterocycles. The lowest BCUT2D eigenvalue weighted by Gasteiger charge is -2.07. The second-order valence-corrected chi connectivity index (χ2v) is 5.20. The first-order valence-corrected chi connectivity index (χ1v) is 6.89. The fraction of sp³-hybridized carbons (Fsp3) is 0.250. The van der Waals surface area contributed by atoms with E-state index in [0.717, 1.165) is 7.11 Å². The quantitative estimate of drug-likeness (QED) is 0.597. The number of nitrogens with one attached hydrogen (secondary N) is 1. The van der Waals surface area contributed by atoms with Crippen molar-refractivity contribution in [2.45, 2.75) is 0 Å². The van der Waals surface area contributed by atoms with Crippen LogP contribution in [0.5, 0.6) is 0 Å². The lowest BCUT2D eigenvalue weighted by molar-refractivity contribution is -0.137. The van der Waals surface area contributed by atoms with Crippen molar-refractivity contribution in [1.82, 2.24) is 0 Å². The molecule has 2 N–H and O–H groups in total. The molecule has 6 nitrogen and oxygen atoms in total. The first-order chi connectivity index (χ1) is 8.96. The van der Waals surface area contributed by atoms with Gasteiger partial charge in [0.1, 0.15) is 6.61 Å². The second kappa shape index (κ2) is 6.78. The van der Waals surface area contributed by atoms with Gasteiger partial charge in [0.25, 0.3) is 0 Å². The van der Waals surface area contributed by atoms with E-state index >= 15 is 0 Å². The number of sulfonamides is 1. The molecule has 102 valence electrons. The Balaban J connectivity index is 2.85. The molecule has 7 heteroatoms. The zero-order valence-corrected chi connectivity index (χ0v) is 11.0. The molecule has 1 aromatic rings. The Bertz CT molecular complexity index is 612. The maximum absolute atomic E-state index is 11.6. The summed E-state index contributed by atoms with van der Waals surface area (Å²) < 4.78 is 29.7. The molecular formula is C12H13NO5S. The highest BCUT2D eigenvalue weighted by Crippen LogP contribution is 2.11. The van der Waals surface area contributed by atoms with E-state index in [0.29, 0.717) is 5.56 Å². The van der Waals surface area contributed by atoms with Gasteiger partial charge < -0.3 is 9.84 Å². The number of hydrogen-bond donors (Lipinski definition) is 2. The predicted octanol–water partition coefficient (Wildman–Crippen LogP) is -0.0549. The molecule has 0 aliphatic heterocycles. The van der Waals surface area contributed by atoms with Gasteiger partial charge in [0, 0.05) is 11.3 Å². The van der Waals surface area contributed by atoms with Crippen molar-refractivity contribution in [3.63, 3.8) is 0 Å². The zero-order valence-electron chi connectivity index (χ0n) is 10.2. The van der Waals surface area contributed by atoms with Crippen molar-refractivity contribution in [1.29, 1.82) is 0 Å².